The molecular weight excluding hydrogens is 288 g/mol. The lowest BCUT2D eigenvalue weighted by Gasteiger charge is -2.08. The molecule has 0 aliphatic carbocycles. The summed E-state index contributed by atoms with van der Waals surface area (Å²) in [5.74, 6) is 0. The van der Waals surface area contributed by atoms with Crippen LogP contribution in [0, 0.1) is 0 Å². The van der Waals surface area contributed by atoms with E-state index in [0.717, 1.165) is 35.9 Å². The van der Waals surface area contributed by atoms with Crippen molar-refractivity contribution in [2.24, 2.45) is 0 Å². The van der Waals surface area contributed by atoms with E-state index >= 15 is 0 Å². The summed E-state index contributed by atoms with van der Waals surface area (Å²) in [5, 5.41) is 9.75. The predicted molar refractivity (Wildman–Crippen MR) is 88.9 cm³/mol. The minimum absolute atomic E-state index is 0.458. The first-order valence-electron chi connectivity index (χ1n) is 6.90. The van der Waals surface area contributed by atoms with Gasteiger partial charge in [-0.25, -0.2) is 9.97 Å². The normalized spacial score (nSPS) is 12.8. The van der Waals surface area contributed by atoms with Gasteiger partial charge in [0.05, 0.1) is 5.01 Å². The van der Waals surface area contributed by atoms with Gasteiger partial charge in [-0.05, 0) is 27.4 Å². The van der Waals surface area contributed by atoms with E-state index in [4.69, 9.17) is 0 Å². The SMILES string of the molecule is CCC(C)Nc1nc(-c2csc(CCN(C)C)n2)cs1. The summed E-state index contributed by atoms with van der Waals surface area (Å²) in [6.07, 6.45) is 2.10. The monoisotopic (exact) mass is 310 g/mol. The quantitative estimate of drug-likeness (QED) is 0.848. The van der Waals surface area contributed by atoms with Gasteiger partial charge in [0.2, 0.25) is 0 Å². The average molecular weight is 310 g/mol. The molecule has 2 aromatic rings. The Balaban J connectivity index is 2.01. The summed E-state index contributed by atoms with van der Waals surface area (Å²) in [6, 6.07) is 0.458. The fraction of sp³-hybridized carbons (Fsp3) is 0.571. The van der Waals surface area contributed by atoms with Gasteiger partial charge < -0.3 is 10.2 Å². The van der Waals surface area contributed by atoms with Crippen LogP contribution in [-0.2, 0) is 6.42 Å². The lowest BCUT2D eigenvalue weighted by Crippen LogP contribution is -2.14. The van der Waals surface area contributed by atoms with Gasteiger partial charge in [-0.3, -0.25) is 0 Å². The van der Waals surface area contributed by atoms with E-state index in [-0.39, 0.29) is 0 Å². The molecule has 0 aliphatic heterocycles. The summed E-state index contributed by atoms with van der Waals surface area (Å²) in [7, 11) is 4.17. The molecule has 20 heavy (non-hydrogen) atoms. The molecule has 1 atom stereocenters. The number of likely N-dealkylation sites (N-methyl/N-ethyl adjacent to an activating group) is 1. The Labute approximate surface area is 128 Å². The molecule has 2 rings (SSSR count). The molecule has 0 spiro atoms. The van der Waals surface area contributed by atoms with Crippen molar-refractivity contribution in [1.82, 2.24) is 14.9 Å². The second-order valence-corrected chi connectivity index (χ2v) is 6.97. The Morgan fingerprint density at radius 1 is 1.20 bits per heavy atom. The van der Waals surface area contributed by atoms with Gasteiger partial charge in [-0.1, -0.05) is 6.92 Å². The lowest BCUT2D eigenvalue weighted by molar-refractivity contribution is 0.413. The highest BCUT2D eigenvalue weighted by Gasteiger charge is 2.10. The van der Waals surface area contributed by atoms with Crippen molar-refractivity contribution in [3.05, 3.63) is 15.8 Å². The number of nitrogens with zero attached hydrogens (tertiary/aromatic N) is 3. The summed E-state index contributed by atoms with van der Waals surface area (Å²) in [6.45, 7) is 5.37. The van der Waals surface area contributed by atoms with Gasteiger partial charge in [0.25, 0.3) is 0 Å². The maximum absolute atomic E-state index is 4.67. The number of hydrogen-bond acceptors (Lipinski definition) is 6. The van der Waals surface area contributed by atoms with Crippen molar-refractivity contribution in [2.75, 3.05) is 26.0 Å². The number of anilines is 1. The van der Waals surface area contributed by atoms with Gasteiger partial charge in [0.1, 0.15) is 11.4 Å². The molecule has 0 aliphatic rings. The van der Waals surface area contributed by atoms with Crippen LogP contribution >= 0.6 is 22.7 Å². The van der Waals surface area contributed by atoms with Crippen LogP contribution < -0.4 is 5.32 Å². The molecule has 2 aromatic heterocycles. The predicted octanol–water partition coefficient (Wildman–Crippen LogP) is 3.58. The van der Waals surface area contributed by atoms with E-state index in [0.29, 0.717) is 6.04 Å². The molecule has 6 heteroatoms. The van der Waals surface area contributed by atoms with Crippen LogP contribution in [0.1, 0.15) is 25.3 Å². The smallest absolute Gasteiger partial charge is 0.183 e. The van der Waals surface area contributed by atoms with Crippen molar-refractivity contribution in [2.45, 2.75) is 32.7 Å². The highest BCUT2D eigenvalue weighted by molar-refractivity contribution is 7.14. The summed E-state index contributed by atoms with van der Waals surface area (Å²) in [4.78, 5) is 11.5. The first kappa shape index (κ1) is 15.4. The maximum Gasteiger partial charge on any atom is 0.183 e. The van der Waals surface area contributed by atoms with E-state index in [1.807, 2.05) is 0 Å². The van der Waals surface area contributed by atoms with E-state index in [9.17, 15) is 0 Å². The lowest BCUT2D eigenvalue weighted by atomic mass is 10.3. The van der Waals surface area contributed by atoms with Crippen molar-refractivity contribution >= 4 is 27.8 Å². The zero-order chi connectivity index (χ0) is 14.5. The molecule has 4 nitrogen and oxygen atoms in total. The summed E-state index contributed by atoms with van der Waals surface area (Å²) < 4.78 is 0. The van der Waals surface area contributed by atoms with Crippen LogP contribution in [0.15, 0.2) is 10.8 Å². The van der Waals surface area contributed by atoms with Crippen LogP contribution in [0.4, 0.5) is 5.13 Å². The van der Waals surface area contributed by atoms with E-state index < -0.39 is 0 Å². The standard InChI is InChI=1S/C14H22N4S2/c1-5-10(2)15-14-17-12(9-20-14)11-8-19-13(16-11)6-7-18(3)4/h8-10H,5-7H2,1-4H3,(H,15,17). The fourth-order valence-electron chi connectivity index (χ4n) is 1.63. The average Bonchev–Trinajstić information content (AvgIpc) is 3.04. The Hall–Kier alpha value is -0.980. The van der Waals surface area contributed by atoms with Crippen LogP contribution in [0.3, 0.4) is 0 Å². The first-order valence-corrected chi connectivity index (χ1v) is 8.66. The van der Waals surface area contributed by atoms with Gasteiger partial charge in [0, 0.05) is 29.8 Å². The topological polar surface area (TPSA) is 41.1 Å². The molecule has 0 aromatic carbocycles. The summed E-state index contributed by atoms with van der Waals surface area (Å²) in [5.41, 5.74) is 1.98. The molecule has 0 saturated heterocycles. The molecule has 0 fully saturated rings. The molecule has 2 heterocycles. The van der Waals surface area contributed by atoms with Gasteiger partial charge >= 0.3 is 0 Å². The van der Waals surface area contributed by atoms with E-state index in [1.165, 1.54) is 5.01 Å². The third-order valence-corrected chi connectivity index (χ3v) is 4.76. The third-order valence-electron chi connectivity index (χ3n) is 3.07. The van der Waals surface area contributed by atoms with Gasteiger partial charge in [0.15, 0.2) is 5.13 Å². The van der Waals surface area contributed by atoms with Crippen LogP contribution in [0.5, 0.6) is 0 Å². The Morgan fingerprint density at radius 2 is 1.90 bits per heavy atom. The zero-order valence-electron chi connectivity index (χ0n) is 12.5. The van der Waals surface area contributed by atoms with E-state index in [2.05, 4.69) is 58.9 Å². The van der Waals surface area contributed by atoms with Crippen molar-refractivity contribution in [3.8, 4) is 11.4 Å². The van der Waals surface area contributed by atoms with Crippen LogP contribution in [0.25, 0.3) is 11.4 Å². The molecule has 0 radical (unpaired) electrons. The molecule has 0 saturated carbocycles. The zero-order valence-corrected chi connectivity index (χ0v) is 14.1. The molecule has 1 N–H and O–H groups in total. The molecule has 0 amide bonds. The highest BCUT2D eigenvalue weighted by Crippen LogP contribution is 2.26. The molecule has 0 bridgehead atoms. The minimum Gasteiger partial charge on any atom is -0.359 e. The number of rotatable bonds is 7. The Kier molecular flexibility index (Phi) is 5.51. The first-order chi connectivity index (χ1) is 9.58. The minimum atomic E-state index is 0.458. The van der Waals surface area contributed by atoms with Crippen molar-refractivity contribution in [3.63, 3.8) is 0 Å². The Bertz CT molecular complexity index is 533. The van der Waals surface area contributed by atoms with Gasteiger partial charge in [-0.2, -0.15) is 0 Å². The highest BCUT2D eigenvalue weighted by atomic mass is 32.1. The number of thiazole rings is 2. The van der Waals surface area contributed by atoms with Crippen molar-refractivity contribution < 1.29 is 0 Å². The molecular formula is C14H22N4S2. The van der Waals surface area contributed by atoms with Crippen LogP contribution in [0.2, 0.25) is 0 Å². The second-order valence-electron chi connectivity index (χ2n) is 5.17. The maximum atomic E-state index is 4.67. The Morgan fingerprint density at radius 3 is 2.60 bits per heavy atom. The van der Waals surface area contributed by atoms with E-state index in [1.54, 1.807) is 22.7 Å². The largest absolute Gasteiger partial charge is 0.359 e. The fourth-order valence-corrected chi connectivity index (χ4v) is 3.23. The van der Waals surface area contributed by atoms with Crippen LogP contribution in [-0.4, -0.2) is 41.5 Å². The third kappa shape index (κ3) is 4.26. The number of nitrogens with one attached hydrogen (secondary N) is 1. The molecule has 1 unspecified atom stereocenters. The van der Waals surface area contributed by atoms with Crippen molar-refractivity contribution in [1.29, 1.82) is 0 Å². The number of hydrogen-bond donors (Lipinski definition) is 1. The molecule has 110 valence electrons. The van der Waals surface area contributed by atoms with Gasteiger partial charge in [-0.15, -0.1) is 22.7 Å². The summed E-state index contributed by atoms with van der Waals surface area (Å²) >= 11 is 3.37. The number of aromatic nitrogens is 2. The second kappa shape index (κ2) is 7.15.